The fourth-order valence-corrected chi connectivity index (χ4v) is 1.31. The Morgan fingerprint density at radius 1 is 1.33 bits per heavy atom. The van der Waals surface area contributed by atoms with Gasteiger partial charge in [-0.1, -0.05) is 13.3 Å². The zero-order chi connectivity index (χ0) is 6.69. The lowest BCUT2D eigenvalue weighted by molar-refractivity contribution is 0.425. The first-order valence-electron chi connectivity index (χ1n) is 3.79. The maximum atomic E-state index is 12.5. The van der Waals surface area contributed by atoms with E-state index in [0.29, 0.717) is 0 Å². The van der Waals surface area contributed by atoms with Crippen molar-refractivity contribution in [3.05, 3.63) is 6.17 Å². The standard InChI is InChI=1S/C8H14F/c1-7-3-2-4-8(9)6-5-7/h7H,2-6H2,1H3. The van der Waals surface area contributed by atoms with Crippen molar-refractivity contribution in [2.24, 2.45) is 5.92 Å². The van der Waals surface area contributed by atoms with Gasteiger partial charge in [0, 0.05) is 0 Å². The molecule has 0 aromatic heterocycles. The van der Waals surface area contributed by atoms with Crippen LogP contribution in [0.2, 0.25) is 0 Å². The monoisotopic (exact) mass is 129 g/mol. The highest BCUT2D eigenvalue weighted by molar-refractivity contribution is 4.80. The van der Waals surface area contributed by atoms with Crippen LogP contribution in [0.5, 0.6) is 0 Å². The van der Waals surface area contributed by atoms with Gasteiger partial charge in [-0.2, -0.15) is 0 Å². The van der Waals surface area contributed by atoms with Crippen LogP contribution in [0.15, 0.2) is 0 Å². The van der Waals surface area contributed by atoms with Gasteiger partial charge in [0.05, 0.1) is 0 Å². The number of hydrogen-bond acceptors (Lipinski definition) is 0. The molecule has 9 heavy (non-hydrogen) atoms. The summed E-state index contributed by atoms with van der Waals surface area (Å²) in [7, 11) is 0. The van der Waals surface area contributed by atoms with Gasteiger partial charge in [-0.25, -0.2) is 4.39 Å². The first kappa shape index (κ1) is 7.04. The van der Waals surface area contributed by atoms with Crippen LogP contribution in [-0.4, -0.2) is 0 Å². The van der Waals surface area contributed by atoms with Crippen LogP contribution >= 0.6 is 0 Å². The Bertz CT molecular complexity index is 70.6. The molecule has 1 atom stereocenters. The van der Waals surface area contributed by atoms with E-state index in [9.17, 15) is 4.39 Å². The molecule has 53 valence electrons. The third-order valence-corrected chi connectivity index (χ3v) is 2.05. The first-order chi connectivity index (χ1) is 4.29. The summed E-state index contributed by atoms with van der Waals surface area (Å²) in [5.41, 5.74) is 0. The van der Waals surface area contributed by atoms with Crippen molar-refractivity contribution < 1.29 is 4.39 Å². The lowest BCUT2D eigenvalue weighted by atomic mass is 10.0. The maximum Gasteiger partial charge on any atom is 0.144 e. The molecular formula is C8H14F. The normalized spacial score (nSPS) is 32.0. The Morgan fingerprint density at radius 2 is 2.11 bits per heavy atom. The van der Waals surface area contributed by atoms with Crippen molar-refractivity contribution in [2.45, 2.75) is 39.0 Å². The van der Waals surface area contributed by atoms with Gasteiger partial charge >= 0.3 is 0 Å². The maximum absolute atomic E-state index is 12.5. The Morgan fingerprint density at radius 3 is 2.89 bits per heavy atom. The Balaban J connectivity index is 2.25. The molecule has 0 aromatic carbocycles. The molecule has 0 spiro atoms. The van der Waals surface area contributed by atoms with Crippen LogP contribution in [0, 0.1) is 12.1 Å². The highest BCUT2D eigenvalue weighted by Gasteiger charge is 2.15. The van der Waals surface area contributed by atoms with Crippen molar-refractivity contribution in [1.29, 1.82) is 0 Å². The van der Waals surface area contributed by atoms with Crippen LogP contribution in [0.3, 0.4) is 0 Å². The topological polar surface area (TPSA) is 0 Å². The fourth-order valence-electron chi connectivity index (χ4n) is 1.31. The largest absolute Gasteiger partial charge is 0.240 e. The smallest absolute Gasteiger partial charge is 0.144 e. The van der Waals surface area contributed by atoms with Crippen molar-refractivity contribution in [3.63, 3.8) is 0 Å². The van der Waals surface area contributed by atoms with Crippen molar-refractivity contribution in [1.82, 2.24) is 0 Å². The van der Waals surface area contributed by atoms with E-state index in [4.69, 9.17) is 0 Å². The van der Waals surface area contributed by atoms with Gasteiger partial charge in [-0.3, -0.25) is 0 Å². The zero-order valence-corrected chi connectivity index (χ0v) is 5.99. The second-order valence-corrected chi connectivity index (χ2v) is 3.05. The van der Waals surface area contributed by atoms with Crippen molar-refractivity contribution >= 4 is 0 Å². The van der Waals surface area contributed by atoms with Crippen LogP contribution in [0.1, 0.15) is 39.0 Å². The SMILES string of the molecule is CC1CCC[C](F)CC1. The average Bonchev–Trinajstić information content (AvgIpc) is 1.97. The average molecular weight is 129 g/mol. The molecule has 0 aromatic rings. The van der Waals surface area contributed by atoms with E-state index in [1.165, 1.54) is 6.42 Å². The van der Waals surface area contributed by atoms with Crippen LogP contribution < -0.4 is 0 Å². The van der Waals surface area contributed by atoms with Crippen LogP contribution in [0.25, 0.3) is 0 Å². The number of rotatable bonds is 0. The molecule has 0 saturated heterocycles. The van der Waals surface area contributed by atoms with Gasteiger partial charge in [-0.15, -0.1) is 0 Å². The van der Waals surface area contributed by atoms with E-state index in [-0.39, 0.29) is 6.17 Å². The van der Waals surface area contributed by atoms with Crippen molar-refractivity contribution in [2.75, 3.05) is 0 Å². The molecule has 0 N–H and O–H groups in total. The summed E-state index contributed by atoms with van der Waals surface area (Å²) in [6.45, 7) is 2.21. The highest BCUT2D eigenvalue weighted by atomic mass is 19.1. The first-order valence-corrected chi connectivity index (χ1v) is 3.79. The summed E-state index contributed by atoms with van der Waals surface area (Å²) in [6.07, 6.45) is 5.01. The molecule has 1 fully saturated rings. The van der Waals surface area contributed by atoms with Crippen LogP contribution in [-0.2, 0) is 0 Å². The zero-order valence-electron chi connectivity index (χ0n) is 5.99. The van der Waals surface area contributed by atoms with Gasteiger partial charge in [-0.05, 0) is 31.6 Å². The van der Waals surface area contributed by atoms with Gasteiger partial charge in [0.25, 0.3) is 0 Å². The highest BCUT2D eigenvalue weighted by Crippen LogP contribution is 2.28. The Kier molecular flexibility index (Phi) is 2.49. The minimum Gasteiger partial charge on any atom is -0.240 e. The van der Waals surface area contributed by atoms with Gasteiger partial charge < -0.3 is 0 Å². The Labute approximate surface area is 56.5 Å². The summed E-state index contributed by atoms with van der Waals surface area (Å²) >= 11 is 0. The molecule has 1 radical (unpaired) electrons. The van der Waals surface area contributed by atoms with Gasteiger partial charge in [0.1, 0.15) is 6.17 Å². The molecule has 0 amide bonds. The molecule has 1 rings (SSSR count). The quantitative estimate of drug-likeness (QED) is 0.441. The molecule has 1 saturated carbocycles. The molecule has 1 heteroatoms. The summed E-state index contributed by atoms with van der Waals surface area (Å²) in [5, 5.41) is 0. The summed E-state index contributed by atoms with van der Waals surface area (Å²) < 4.78 is 12.5. The van der Waals surface area contributed by atoms with E-state index in [1.54, 1.807) is 0 Å². The molecule has 1 aliphatic carbocycles. The van der Waals surface area contributed by atoms with Crippen LogP contribution in [0.4, 0.5) is 4.39 Å². The fraction of sp³-hybridized carbons (Fsp3) is 0.875. The van der Waals surface area contributed by atoms with Crippen molar-refractivity contribution in [3.8, 4) is 0 Å². The predicted octanol–water partition coefficient (Wildman–Crippen LogP) is 3.09. The van der Waals surface area contributed by atoms with E-state index >= 15 is 0 Å². The molecule has 1 unspecified atom stereocenters. The van der Waals surface area contributed by atoms with Gasteiger partial charge in [0.15, 0.2) is 0 Å². The summed E-state index contributed by atoms with van der Waals surface area (Å²) in [6, 6.07) is 0. The molecular weight excluding hydrogens is 115 g/mol. The molecule has 0 aliphatic heterocycles. The minimum atomic E-state index is 0.222. The third-order valence-electron chi connectivity index (χ3n) is 2.05. The molecule has 0 heterocycles. The second-order valence-electron chi connectivity index (χ2n) is 3.05. The van der Waals surface area contributed by atoms with E-state index in [0.717, 1.165) is 31.6 Å². The molecule has 0 nitrogen and oxygen atoms in total. The molecule has 1 aliphatic rings. The lowest BCUT2D eigenvalue weighted by Gasteiger charge is -2.03. The van der Waals surface area contributed by atoms with E-state index < -0.39 is 0 Å². The number of halogens is 1. The predicted molar refractivity (Wildman–Crippen MR) is 36.6 cm³/mol. The minimum absolute atomic E-state index is 0.222. The molecule has 0 bridgehead atoms. The third kappa shape index (κ3) is 2.33. The number of hydrogen-bond donors (Lipinski definition) is 0. The summed E-state index contributed by atoms with van der Waals surface area (Å²) in [5.74, 6) is 0.748. The van der Waals surface area contributed by atoms with E-state index in [2.05, 4.69) is 6.92 Å². The van der Waals surface area contributed by atoms with Gasteiger partial charge in [0.2, 0.25) is 0 Å². The van der Waals surface area contributed by atoms with E-state index in [1.807, 2.05) is 0 Å². The summed E-state index contributed by atoms with van der Waals surface area (Å²) in [4.78, 5) is 0. The lowest BCUT2D eigenvalue weighted by Crippen LogP contribution is -1.89. The second kappa shape index (κ2) is 3.19. The Hall–Kier alpha value is -0.0700.